The first-order chi connectivity index (χ1) is 10.3. The molecule has 1 aromatic heterocycles. The molecule has 0 bridgehead atoms. The maximum Gasteiger partial charge on any atom is 0.341 e. The molecule has 0 aliphatic carbocycles. The quantitative estimate of drug-likeness (QED) is 0.851. The lowest BCUT2D eigenvalue weighted by Crippen LogP contribution is -2.14. The molecule has 0 radical (unpaired) electrons. The third-order valence-electron chi connectivity index (χ3n) is 3.18. The fraction of sp³-hybridized carbons (Fsp3) is 0.200. The largest absolute Gasteiger partial charge is 0.465 e. The van der Waals surface area contributed by atoms with Crippen LogP contribution in [0.4, 0.5) is 9.39 Å². The van der Waals surface area contributed by atoms with E-state index >= 15 is 0 Å². The van der Waals surface area contributed by atoms with Crippen LogP contribution in [-0.2, 0) is 4.74 Å². The van der Waals surface area contributed by atoms with E-state index in [4.69, 9.17) is 16.3 Å². The highest BCUT2D eigenvalue weighted by atomic mass is 35.5. The molecule has 0 fully saturated rings. The predicted octanol–water partition coefficient (Wildman–Crippen LogP) is 4.20. The number of esters is 1. The Hall–Kier alpha value is -1.92. The number of nitrogens with one attached hydrogen (secondary N) is 1. The number of ether oxygens (including phenoxy) is 1. The molecule has 2 rings (SSSR count). The normalized spacial score (nSPS) is 10.4. The number of halogens is 2. The molecule has 0 unspecified atom stereocenters. The Bertz CT molecular complexity index is 757. The highest BCUT2D eigenvalue weighted by Crippen LogP contribution is 2.33. The van der Waals surface area contributed by atoms with Crippen molar-refractivity contribution in [3.63, 3.8) is 0 Å². The van der Waals surface area contributed by atoms with Crippen molar-refractivity contribution in [1.29, 1.82) is 0 Å². The van der Waals surface area contributed by atoms with E-state index in [-0.39, 0.29) is 10.6 Å². The molecule has 0 spiro atoms. The van der Waals surface area contributed by atoms with Crippen LogP contribution in [-0.4, -0.2) is 19.0 Å². The second-order valence-electron chi connectivity index (χ2n) is 4.56. The van der Waals surface area contributed by atoms with Gasteiger partial charge in [-0.2, -0.15) is 0 Å². The van der Waals surface area contributed by atoms with E-state index in [9.17, 15) is 14.0 Å². The molecule has 0 atom stereocenters. The number of benzene rings is 1. The van der Waals surface area contributed by atoms with Crippen molar-refractivity contribution in [2.75, 3.05) is 12.4 Å². The molecule has 1 heterocycles. The summed E-state index contributed by atoms with van der Waals surface area (Å²) in [7, 11) is 1.28. The highest BCUT2D eigenvalue weighted by Gasteiger charge is 2.22. The van der Waals surface area contributed by atoms with Gasteiger partial charge < -0.3 is 10.1 Å². The predicted molar refractivity (Wildman–Crippen MR) is 84.5 cm³/mol. The van der Waals surface area contributed by atoms with Crippen LogP contribution in [0, 0.1) is 19.7 Å². The highest BCUT2D eigenvalue weighted by molar-refractivity contribution is 7.16. The van der Waals surface area contributed by atoms with Crippen LogP contribution < -0.4 is 5.32 Å². The molecule has 0 saturated carbocycles. The molecule has 0 aliphatic heterocycles. The molecular formula is C15H13ClFNO3S. The summed E-state index contributed by atoms with van der Waals surface area (Å²) in [4.78, 5) is 25.0. The van der Waals surface area contributed by atoms with Crippen molar-refractivity contribution in [2.45, 2.75) is 13.8 Å². The Morgan fingerprint density at radius 3 is 2.59 bits per heavy atom. The topological polar surface area (TPSA) is 55.4 Å². The van der Waals surface area contributed by atoms with Gasteiger partial charge in [-0.25, -0.2) is 9.18 Å². The van der Waals surface area contributed by atoms with Crippen molar-refractivity contribution in [3.05, 3.63) is 50.6 Å². The summed E-state index contributed by atoms with van der Waals surface area (Å²) in [5.41, 5.74) is 1.19. The van der Waals surface area contributed by atoms with E-state index in [0.717, 1.165) is 22.6 Å². The number of methoxy groups -OCH3 is 1. The van der Waals surface area contributed by atoms with Gasteiger partial charge in [-0.15, -0.1) is 11.3 Å². The zero-order valence-corrected chi connectivity index (χ0v) is 13.7. The van der Waals surface area contributed by atoms with Gasteiger partial charge in [0, 0.05) is 4.88 Å². The molecule has 1 N–H and O–H groups in total. The molecule has 2 aromatic rings. The summed E-state index contributed by atoms with van der Waals surface area (Å²) in [6.45, 7) is 3.62. The second-order valence-corrected chi connectivity index (χ2v) is 6.19. The summed E-state index contributed by atoms with van der Waals surface area (Å²) in [5, 5.41) is 3.02. The van der Waals surface area contributed by atoms with Crippen molar-refractivity contribution in [3.8, 4) is 0 Å². The molecular weight excluding hydrogens is 329 g/mol. The van der Waals surface area contributed by atoms with Crippen LogP contribution >= 0.6 is 22.9 Å². The second kappa shape index (κ2) is 6.46. The maximum atomic E-state index is 13.0. The minimum atomic E-state index is -0.528. The van der Waals surface area contributed by atoms with E-state index in [1.165, 1.54) is 24.5 Å². The minimum absolute atomic E-state index is 0.00196. The van der Waals surface area contributed by atoms with Crippen molar-refractivity contribution in [2.24, 2.45) is 0 Å². The monoisotopic (exact) mass is 341 g/mol. The Labute approximate surface area is 135 Å². The van der Waals surface area contributed by atoms with Gasteiger partial charge in [0.25, 0.3) is 5.91 Å². The van der Waals surface area contributed by atoms with Crippen molar-refractivity contribution >= 4 is 39.8 Å². The number of amides is 1. The molecule has 0 aliphatic rings. The van der Waals surface area contributed by atoms with Crippen LogP contribution in [0.25, 0.3) is 0 Å². The number of hydrogen-bond acceptors (Lipinski definition) is 4. The number of rotatable bonds is 3. The fourth-order valence-electron chi connectivity index (χ4n) is 1.91. The number of anilines is 1. The van der Waals surface area contributed by atoms with Gasteiger partial charge in [0.2, 0.25) is 0 Å². The molecule has 4 nitrogen and oxygen atoms in total. The van der Waals surface area contributed by atoms with E-state index in [0.29, 0.717) is 10.6 Å². The standard InChI is InChI=1S/C15H13ClFNO3S/c1-7-8(2)22-14(12(7)15(20)21-3)18-13(19)10-5-4-9(17)6-11(10)16/h4-6H,1-3H3,(H,18,19). The Morgan fingerprint density at radius 2 is 2.00 bits per heavy atom. The fourth-order valence-corrected chi connectivity index (χ4v) is 3.20. The first kappa shape index (κ1) is 16.5. The third-order valence-corrected chi connectivity index (χ3v) is 4.61. The van der Waals surface area contributed by atoms with E-state index in [1.54, 1.807) is 6.92 Å². The van der Waals surface area contributed by atoms with Crippen molar-refractivity contribution < 1.29 is 18.7 Å². The van der Waals surface area contributed by atoms with Gasteiger partial charge in [-0.1, -0.05) is 11.6 Å². The summed E-state index contributed by atoms with van der Waals surface area (Å²) in [5.74, 6) is -1.57. The zero-order valence-electron chi connectivity index (χ0n) is 12.1. The van der Waals surface area contributed by atoms with Crippen LogP contribution in [0.5, 0.6) is 0 Å². The van der Waals surface area contributed by atoms with E-state index < -0.39 is 17.7 Å². The van der Waals surface area contributed by atoms with Crippen molar-refractivity contribution in [1.82, 2.24) is 0 Å². The Balaban J connectivity index is 2.36. The van der Waals surface area contributed by atoms with Gasteiger partial charge in [-0.05, 0) is 37.6 Å². The van der Waals surface area contributed by atoms with E-state index in [2.05, 4.69) is 5.32 Å². The minimum Gasteiger partial charge on any atom is -0.465 e. The summed E-state index contributed by atoms with van der Waals surface area (Å²) in [6.07, 6.45) is 0. The van der Waals surface area contributed by atoms with Gasteiger partial charge >= 0.3 is 5.97 Å². The molecule has 7 heteroatoms. The number of carbonyl (C=O) groups is 2. The summed E-state index contributed by atoms with van der Waals surface area (Å²) >= 11 is 7.13. The molecule has 22 heavy (non-hydrogen) atoms. The van der Waals surface area contributed by atoms with Crippen LogP contribution in [0.1, 0.15) is 31.2 Å². The summed E-state index contributed by atoms with van der Waals surface area (Å²) in [6, 6.07) is 3.49. The van der Waals surface area contributed by atoms with Crippen LogP contribution in [0.2, 0.25) is 5.02 Å². The smallest absolute Gasteiger partial charge is 0.341 e. The lowest BCUT2D eigenvalue weighted by Gasteiger charge is -2.07. The number of aryl methyl sites for hydroxylation is 1. The third kappa shape index (κ3) is 3.13. The van der Waals surface area contributed by atoms with Crippen LogP contribution in [0.3, 0.4) is 0 Å². The average molecular weight is 342 g/mol. The van der Waals surface area contributed by atoms with Gasteiger partial charge in [0.1, 0.15) is 10.8 Å². The van der Waals surface area contributed by atoms with Gasteiger partial charge in [0.05, 0.1) is 23.3 Å². The summed E-state index contributed by atoms with van der Waals surface area (Å²) < 4.78 is 17.8. The maximum absolute atomic E-state index is 13.0. The average Bonchev–Trinajstić information content (AvgIpc) is 2.72. The molecule has 1 amide bonds. The first-order valence-electron chi connectivity index (χ1n) is 6.29. The zero-order chi connectivity index (χ0) is 16.4. The molecule has 0 saturated heterocycles. The molecule has 1 aromatic carbocycles. The lowest BCUT2D eigenvalue weighted by atomic mass is 10.1. The molecule has 116 valence electrons. The Kier molecular flexibility index (Phi) is 4.83. The van der Waals surface area contributed by atoms with Gasteiger partial charge in [-0.3, -0.25) is 4.79 Å². The number of thiophene rings is 1. The van der Waals surface area contributed by atoms with E-state index in [1.807, 2.05) is 6.92 Å². The lowest BCUT2D eigenvalue weighted by molar-refractivity contribution is 0.0601. The van der Waals surface area contributed by atoms with Crippen LogP contribution in [0.15, 0.2) is 18.2 Å². The number of hydrogen-bond donors (Lipinski definition) is 1. The number of carbonyl (C=O) groups excluding carboxylic acids is 2. The van der Waals surface area contributed by atoms with Gasteiger partial charge in [0.15, 0.2) is 0 Å². The Morgan fingerprint density at radius 1 is 1.32 bits per heavy atom. The first-order valence-corrected chi connectivity index (χ1v) is 7.49. The SMILES string of the molecule is COC(=O)c1c(NC(=O)c2ccc(F)cc2Cl)sc(C)c1C.